The first-order chi connectivity index (χ1) is 9.77. The minimum atomic E-state index is -3.18. The van der Waals surface area contributed by atoms with Crippen molar-refractivity contribution in [2.45, 2.75) is 31.7 Å². The van der Waals surface area contributed by atoms with Gasteiger partial charge in [0.1, 0.15) is 5.69 Å². The Balaban J connectivity index is 2.26. The Morgan fingerprint density at radius 3 is 2.38 bits per heavy atom. The molecule has 6 heteroatoms. The third-order valence-corrected chi connectivity index (χ3v) is 4.41. The Bertz CT molecular complexity index is 716. The predicted molar refractivity (Wildman–Crippen MR) is 84.6 cm³/mol. The molecule has 1 heterocycles. The van der Waals surface area contributed by atoms with Crippen LogP contribution >= 0.6 is 0 Å². The van der Waals surface area contributed by atoms with Crippen LogP contribution in [0.1, 0.15) is 20.3 Å². The first-order valence-electron chi connectivity index (χ1n) is 6.91. The van der Waals surface area contributed by atoms with Crippen molar-refractivity contribution < 1.29 is 8.42 Å². The lowest BCUT2D eigenvalue weighted by Gasteiger charge is -2.04. The van der Waals surface area contributed by atoms with Gasteiger partial charge in [0.2, 0.25) is 0 Å². The molecule has 2 N–H and O–H groups in total. The van der Waals surface area contributed by atoms with Gasteiger partial charge in [0.25, 0.3) is 0 Å². The molecule has 0 radical (unpaired) electrons. The number of benzene rings is 1. The van der Waals surface area contributed by atoms with Gasteiger partial charge in [-0.1, -0.05) is 26.0 Å². The monoisotopic (exact) mass is 307 g/mol. The molecule has 0 unspecified atom stereocenters. The summed E-state index contributed by atoms with van der Waals surface area (Å²) in [5.74, 6) is 0.605. The van der Waals surface area contributed by atoms with Crippen molar-refractivity contribution in [3.8, 4) is 11.3 Å². The van der Waals surface area contributed by atoms with Crippen molar-refractivity contribution >= 4 is 15.5 Å². The van der Waals surface area contributed by atoms with Gasteiger partial charge in [0, 0.05) is 24.6 Å². The van der Waals surface area contributed by atoms with Gasteiger partial charge in [-0.3, -0.25) is 4.68 Å². The lowest BCUT2D eigenvalue weighted by Crippen LogP contribution is -2.02. The summed E-state index contributed by atoms with van der Waals surface area (Å²) in [5.41, 5.74) is 8.12. The van der Waals surface area contributed by atoms with Crippen LogP contribution in [0, 0.1) is 5.92 Å². The molecule has 114 valence electrons. The number of aromatic nitrogens is 2. The molecule has 1 aromatic heterocycles. The molecule has 0 aliphatic heterocycles. The SMILES string of the molecule is CC(C)CCn1cc(N)c(-c2ccc(S(C)(=O)=O)cc2)n1. The second-order valence-corrected chi connectivity index (χ2v) is 7.69. The smallest absolute Gasteiger partial charge is 0.175 e. The number of nitrogen functional groups attached to an aromatic ring is 1. The Morgan fingerprint density at radius 2 is 1.86 bits per heavy atom. The predicted octanol–water partition coefficient (Wildman–Crippen LogP) is 2.58. The zero-order valence-corrected chi connectivity index (χ0v) is 13.4. The van der Waals surface area contributed by atoms with Gasteiger partial charge in [0.15, 0.2) is 9.84 Å². The maximum absolute atomic E-state index is 11.5. The number of aryl methyl sites for hydroxylation is 1. The molecular weight excluding hydrogens is 286 g/mol. The van der Waals surface area contributed by atoms with E-state index in [0.29, 0.717) is 22.2 Å². The van der Waals surface area contributed by atoms with Gasteiger partial charge in [-0.2, -0.15) is 5.10 Å². The number of hydrogen-bond acceptors (Lipinski definition) is 4. The quantitative estimate of drug-likeness (QED) is 0.921. The normalized spacial score (nSPS) is 12.0. The fourth-order valence-corrected chi connectivity index (χ4v) is 2.66. The summed E-state index contributed by atoms with van der Waals surface area (Å²) >= 11 is 0. The Labute approximate surface area is 125 Å². The van der Waals surface area contributed by atoms with Gasteiger partial charge >= 0.3 is 0 Å². The molecule has 0 aliphatic carbocycles. The van der Waals surface area contributed by atoms with Crippen molar-refractivity contribution in [3.05, 3.63) is 30.5 Å². The molecule has 0 spiro atoms. The van der Waals surface area contributed by atoms with Crippen LogP contribution in [0.4, 0.5) is 5.69 Å². The molecule has 0 atom stereocenters. The van der Waals surface area contributed by atoms with E-state index >= 15 is 0 Å². The highest BCUT2D eigenvalue weighted by atomic mass is 32.2. The number of sulfone groups is 1. The van der Waals surface area contributed by atoms with Crippen LogP contribution in [0.25, 0.3) is 11.3 Å². The van der Waals surface area contributed by atoms with E-state index in [2.05, 4.69) is 18.9 Å². The molecule has 21 heavy (non-hydrogen) atoms. The van der Waals surface area contributed by atoms with E-state index < -0.39 is 9.84 Å². The zero-order valence-electron chi connectivity index (χ0n) is 12.6. The van der Waals surface area contributed by atoms with E-state index in [1.54, 1.807) is 24.3 Å². The summed E-state index contributed by atoms with van der Waals surface area (Å²) < 4.78 is 24.8. The van der Waals surface area contributed by atoms with Gasteiger partial charge < -0.3 is 5.73 Å². The molecule has 2 rings (SSSR count). The largest absolute Gasteiger partial charge is 0.396 e. The fourth-order valence-electron chi connectivity index (χ4n) is 2.03. The topological polar surface area (TPSA) is 78.0 Å². The van der Waals surface area contributed by atoms with Gasteiger partial charge in [-0.25, -0.2) is 8.42 Å². The summed E-state index contributed by atoms with van der Waals surface area (Å²) in [6, 6.07) is 6.64. The van der Waals surface area contributed by atoms with Gasteiger partial charge in [-0.15, -0.1) is 0 Å². The van der Waals surface area contributed by atoms with Gasteiger partial charge in [0.05, 0.1) is 10.6 Å². The molecule has 0 saturated heterocycles. The van der Waals surface area contributed by atoms with Crippen molar-refractivity contribution in [1.29, 1.82) is 0 Å². The minimum absolute atomic E-state index is 0.295. The second-order valence-electron chi connectivity index (χ2n) is 5.68. The number of rotatable bonds is 5. The van der Waals surface area contributed by atoms with Crippen LogP contribution < -0.4 is 5.73 Å². The molecule has 2 aromatic rings. The zero-order chi connectivity index (χ0) is 15.6. The molecule has 0 saturated carbocycles. The molecule has 0 fully saturated rings. The van der Waals surface area contributed by atoms with Gasteiger partial charge in [-0.05, 0) is 24.5 Å². The lowest BCUT2D eigenvalue weighted by atomic mass is 10.1. The highest BCUT2D eigenvalue weighted by Crippen LogP contribution is 2.25. The summed E-state index contributed by atoms with van der Waals surface area (Å²) in [5, 5.41) is 4.49. The van der Waals surface area contributed by atoms with E-state index in [9.17, 15) is 8.42 Å². The highest BCUT2D eigenvalue weighted by Gasteiger charge is 2.11. The average Bonchev–Trinajstić information content (AvgIpc) is 2.77. The van der Waals surface area contributed by atoms with Crippen molar-refractivity contribution in [3.63, 3.8) is 0 Å². The van der Waals surface area contributed by atoms with Crippen molar-refractivity contribution in [2.75, 3.05) is 12.0 Å². The number of anilines is 1. The molecule has 0 bridgehead atoms. The number of nitrogens with zero attached hydrogens (tertiary/aromatic N) is 2. The Kier molecular flexibility index (Phi) is 4.37. The highest BCUT2D eigenvalue weighted by molar-refractivity contribution is 7.90. The third-order valence-electron chi connectivity index (χ3n) is 3.28. The van der Waals surface area contributed by atoms with Crippen LogP contribution in [-0.2, 0) is 16.4 Å². The maximum atomic E-state index is 11.5. The average molecular weight is 307 g/mol. The third kappa shape index (κ3) is 3.85. The molecule has 0 amide bonds. The minimum Gasteiger partial charge on any atom is -0.396 e. The van der Waals surface area contributed by atoms with Crippen molar-refractivity contribution in [1.82, 2.24) is 9.78 Å². The van der Waals surface area contributed by atoms with E-state index in [1.165, 1.54) is 6.26 Å². The second kappa shape index (κ2) is 5.89. The van der Waals surface area contributed by atoms with Crippen LogP contribution in [0.5, 0.6) is 0 Å². The molecular formula is C15H21N3O2S. The van der Waals surface area contributed by atoms with Crippen LogP contribution in [0.15, 0.2) is 35.4 Å². The van der Waals surface area contributed by atoms with E-state index in [-0.39, 0.29) is 0 Å². The van der Waals surface area contributed by atoms with Crippen LogP contribution in [-0.4, -0.2) is 24.5 Å². The molecule has 5 nitrogen and oxygen atoms in total. The molecule has 1 aromatic carbocycles. The first-order valence-corrected chi connectivity index (χ1v) is 8.80. The number of hydrogen-bond donors (Lipinski definition) is 1. The first kappa shape index (κ1) is 15.6. The van der Waals surface area contributed by atoms with Crippen LogP contribution in [0.2, 0.25) is 0 Å². The maximum Gasteiger partial charge on any atom is 0.175 e. The summed E-state index contributed by atoms with van der Waals surface area (Å²) in [6.07, 6.45) is 4.05. The number of nitrogens with two attached hydrogens (primary N) is 1. The van der Waals surface area contributed by atoms with Crippen molar-refractivity contribution in [2.24, 2.45) is 5.92 Å². The summed E-state index contributed by atoms with van der Waals surface area (Å²) in [4.78, 5) is 0.295. The molecule has 0 aliphatic rings. The Morgan fingerprint density at radius 1 is 1.24 bits per heavy atom. The lowest BCUT2D eigenvalue weighted by molar-refractivity contribution is 0.488. The van der Waals surface area contributed by atoms with E-state index in [4.69, 9.17) is 5.73 Å². The van der Waals surface area contributed by atoms with Crippen LogP contribution in [0.3, 0.4) is 0 Å². The standard InChI is InChI=1S/C15H21N3O2S/c1-11(2)8-9-18-10-14(16)15(17-18)12-4-6-13(7-5-12)21(3,19)20/h4-7,10-11H,8-9,16H2,1-3H3. The fraction of sp³-hybridized carbons (Fsp3) is 0.400. The summed E-state index contributed by atoms with van der Waals surface area (Å²) in [7, 11) is -3.18. The Hall–Kier alpha value is -1.82. The summed E-state index contributed by atoms with van der Waals surface area (Å²) in [6.45, 7) is 5.15. The van der Waals surface area contributed by atoms with E-state index in [0.717, 1.165) is 18.5 Å². The van der Waals surface area contributed by atoms with E-state index in [1.807, 2.05) is 10.9 Å².